The molecule has 0 bridgehead atoms. The Hall–Kier alpha value is -2.63. The van der Waals surface area contributed by atoms with Crippen LogP contribution in [0.15, 0.2) is 42.5 Å². The van der Waals surface area contributed by atoms with Gasteiger partial charge in [0.15, 0.2) is 6.61 Å². The highest BCUT2D eigenvalue weighted by Gasteiger charge is 2.07. The lowest BCUT2D eigenvalue weighted by Gasteiger charge is -2.07. The van der Waals surface area contributed by atoms with E-state index in [1.807, 2.05) is 0 Å². The van der Waals surface area contributed by atoms with Gasteiger partial charge in [0.2, 0.25) is 0 Å². The van der Waals surface area contributed by atoms with Gasteiger partial charge in [-0.15, -0.1) is 0 Å². The van der Waals surface area contributed by atoms with Crippen molar-refractivity contribution in [2.75, 3.05) is 12.3 Å². The van der Waals surface area contributed by atoms with Crippen LogP contribution in [-0.2, 0) is 16.1 Å². The Morgan fingerprint density at radius 1 is 1.05 bits per heavy atom. The third-order valence-corrected chi connectivity index (χ3v) is 2.56. The number of nitrogens with two attached hydrogens (primary N) is 1. The molecule has 21 heavy (non-hydrogen) atoms. The van der Waals surface area contributed by atoms with Crippen molar-refractivity contribution in [2.45, 2.75) is 6.61 Å². The van der Waals surface area contributed by atoms with Gasteiger partial charge in [-0.3, -0.25) is 0 Å². The van der Waals surface area contributed by atoms with E-state index in [1.54, 1.807) is 24.3 Å². The van der Waals surface area contributed by atoms with Crippen LogP contribution in [0.2, 0.25) is 0 Å². The Balaban J connectivity index is 1.80. The summed E-state index contributed by atoms with van der Waals surface area (Å²) < 4.78 is 35.9. The second-order valence-corrected chi connectivity index (χ2v) is 4.30. The van der Waals surface area contributed by atoms with E-state index in [0.717, 1.165) is 18.2 Å². The molecule has 0 aliphatic rings. The third kappa shape index (κ3) is 4.76. The van der Waals surface area contributed by atoms with Gasteiger partial charge >= 0.3 is 5.97 Å². The van der Waals surface area contributed by atoms with E-state index in [1.165, 1.54) is 0 Å². The van der Waals surface area contributed by atoms with Gasteiger partial charge in [0.1, 0.15) is 24.0 Å². The zero-order chi connectivity index (χ0) is 15.2. The number of halogens is 2. The molecule has 0 saturated carbocycles. The second-order valence-electron chi connectivity index (χ2n) is 4.30. The Labute approximate surface area is 120 Å². The highest BCUT2D eigenvalue weighted by molar-refractivity contribution is 5.71. The molecule has 0 saturated heterocycles. The van der Waals surface area contributed by atoms with E-state index in [9.17, 15) is 13.6 Å². The van der Waals surface area contributed by atoms with Gasteiger partial charge < -0.3 is 15.2 Å². The normalized spacial score (nSPS) is 10.2. The van der Waals surface area contributed by atoms with Crippen LogP contribution in [-0.4, -0.2) is 12.6 Å². The number of rotatable bonds is 5. The predicted octanol–water partition coefficient (Wildman–Crippen LogP) is 2.67. The van der Waals surface area contributed by atoms with Crippen LogP contribution in [0.1, 0.15) is 5.56 Å². The van der Waals surface area contributed by atoms with E-state index in [4.69, 9.17) is 15.2 Å². The topological polar surface area (TPSA) is 61.5 Å². The standard InChI is InChI=1S/C15H13F2NO3/c16-11-5-10(6-12(17)7-11)8-21-15(19)9-20-14-3-1-13(18)2-4-14/h1-7H,8-9,18H2. The maximum atomic E-state index is 12.9. The lowest BCUT2D eigenvalue weighted by Crippen LogP contribution is -2.14. The van der Waals surface area contributed by atoms with E-state index in [0.29, 0.717) is 11.4 Å². The molecule has 4 nitrogen and oxygen atoms in total. The molecule has 2 aromatic rings. The first-order valence-corrected chi connectivity index (χ1v) is 6.12. The van der Waals surface area contributed by atoms with Gasteiger partial charge in [-0.1, -0.05) is 0 Å². The summed E-state index contributed by atoms with van der Waals surface area (Å²) in [6, 6.07) is 9.44. The summed E-state index contributed by atoms with van der Waals surface area (Å²) in [5, 5.41) is 0. The van der Waals surface area contributed by atoms with Crippen molar-refractivity contribution >= 4 is 11.7 Å². The summed E-state index contributed by atoms with van der Waals surface area (Å²) in [5.41, 5.74) is 6.32. The minimum absolute atomic E-state index is 0.224. The molecule has 0 aliphatic carbocycles. The van der Waals surface area contributed by atoms with E-state index in [-0.39, 0.29) is 18.8 Å². The fourth-order valence-electron chi connectivity index (χ4n) is 1.61. The Morgan fingerprint density at radius 3 is 2.29 bits per heavy atom. The number of hydrogen-bond acceptors (Lipinski definition) is 4. The van der Waals surface area contributed by atoms with Crippen LogP contribution in [0, 0.1) is 11.6 Å². The van der Waals surface area contributed by atoms with Crippen molar-refractivity contribution in [3.05, 3.63) is 59.7 Å². The van der Waals surface area contributed by atoms with Crippen molar-refractivity contribution in [2.24, 2.45) is 0 Å². The van der Waals surface area contributed by atoms with Crippen LogP contribution < -0.4 is 10.5 Å². The van der Waals surface area contributed by atoms with Crippen LogP contribution in [0.25, 0.3) is 0 Å². The number of nitrogen functional groups attached to an aromatic ring is 1. The van der Waals surface area contributed by atoms with Gasteiger partial charge in [-0.25, -0.2) is 13.6 Å². The first-order chi connectivity index (χ1) is 10.0. The van der Waals surface area contributed by atoms with Crippen LogP contribution in [0.3, 0.4) is 0 Å². The number of esters is 1. The van der Waals surface area contributed by atoms with Crippen molar-refractivity contribution in [1.82, 2.24) is 0 Å². The van der Waals surface area contributed by atoms with E-state index in [2.05, 4.69) is 0 Å². The highest BCUT2D eigenvalue weighted by atomic mass is 19.1. The molecule has 0 aromatic heterocycles. The summed E-state index contributed by atoms with van der Waals surface area (Å²) in [4.78, 5) is 11.5. The van der Waals surface area contributed by atoms with Gasteiger partial charge in [0, 0.05) is 11.8 Å². The third-order valence-electron chi connectivity index (χ3n) is 2.56. The Morgan fingerprint density at radius 2 is 1.67 bits per heavy atom. The summed E-state index contributed by atoms with van der Waals surface area (Å²) in [7, 11) is 0. The van der Waals surface area contributed by atoms with Crippen molar-refractivity contribution in [1.29, 1.82) is 0 Å². The summed E-state index contributed by atoms with van der Waals surface area (Å²) in [6.07, 6.45) is 0. The average molecular weight is 293 g/mol. The van der Waals surface area contributed by atoms with Crippen molar-refractivity contribution in [3.8, 4) is 5.75 Å². The molecule has 0 heterocycles. The molecule has 0 spiro atoms. The number of hydrogen-bond donors (Lipinski definition) is 1. The molecule has 0 radical (unpaired) electrons. The fourth-order valence-corrected chi connectivity index (χ4v) is 1.61. The second kappa shape index (κ2) is 6.69. The fraction of sp³-hybridized carbons (Fsp3) is 0.133. The molecule has 0 atom stereocenters. The summed E-state index contributed by atoms with van der Waals surface area (Å²) in [6.45, 7) is -0.527. The quantitative estimate of drug-likeness (QED) is 0.680. The lowest BCUT2D eigenvalue weighted by atomic mass is 10.2. The minimum atomic E-state index is -0.723. The van der Waals surface area contributed by atoms with Crippen molar-refractivity contribution < 1.29 is 23.0 Å². The number of anilines is 1. The van der Waals surface area contributed by atoms with Crippen LogP contribution in [0.5, 0.6) is 5.75 Å². The number of carbonyl (C=O) groups is 1. The van der Waals surface area contributed by atoms with Crippen molar-refractivity contribution in [3.63, 3.8) is 0 Å². The molecule has 110 valence electrons. The molecule has 2 rings (SSSR count). The Bertz CT molecular complexity index is 609. The summed E-state index contributed by atoms with van der Waals surface area (Å²) in [5.74, 6) is -1.62. The smallest absolute Gasteiger partial charge is 0.344 e. The molecular formula is C15H13F2NO3. The zero-order valence-corrected chi connectivity index (χ0v) is 11.0. The van der Waals surface area contributed by atoms with E-state index < -0.39 is 17.6 Å². The molecule has 0 amide bonds. The molecular weight excluding hydrogens is 280 g/mol. The molecule has 0 aliphatic heterocycles. The highest BCUT2D eigenvalue weighted by Crippen LogP contribution is 2.13. The Kier molecular flexibility index (Phi) is 4.71. The van der Waals surface area contributed by atoms with Crippen LogP contribution in [0.4, 0.5) is 14.5 Å². The molecule has 2 aromatic carbocycles. The number of ether oxygens (including phenoxy) is 2. The first-order valence-electron chi connectivity index (χ1n) is 6.12. The number of carbonyl (C=O) groups excluding carboxylic acids is 1. The first kappa shape index (κ1) is 14.8. The minimum Gasteiger partial charge on any atom is -0.482 e. The van der Waals surface area contributed by atoms with Gasteiger partial charge in [0.05, 0.1) is 0 Å². The maximum Gasteiger partial charge on any atom is 0.344 e. The van der Waals surface area contributed by atoms with Gasteiger partial charge in [-0.05, 0) is 42.0 Å². The largest absolute Gasteiger partial charge is 0.482 e. The van der Waals surface area contributed by atoms with Gasteiger partial charge in [-0.2, -0.15) is 0 Å². The lowest BCUT2D eigenvalue weighted by molar-refractivity contribution is -0.147. The van der Waals surface area contributed by atoms with E-state index >= 15 is 0 Å². The SMILES string of the molecule is Nc1ccc(OCC(=O)OCc2cc(F)cc(F)c2)cc1. The van der Waals surface area contributed by atoms with Gasteiger partial charge in [0.25, 0.3) is 0 Å². The molecule has 0 unspecified atom stereocenters. The monoisotopic (exact) mass is 293 g/mol. The van der Waals surface area contributed by atoms with Crippen LogP contribution >= 0.6 is 0 Å². The average Bonchev–Trinajstić information content (AvgIpc) is 2.43. The maximum absolute atomic E-state index is 12.9. The number of benzene rings is 2. The molecule has 6 heteroatoms. The predicted molar refractivity (Wildman–Crippen MR) is 72.5 cm³/mol. The molecule has 2 N–H and O–H groups in total. The zero-order valence-electron chi connectivity index (χ0n) is 11.0. The molecule has 0 fully saturated rings. The summed E-state index contributed by atoms with van der Waals surface area (Å²) >= 11 is 0.